The van der Waals surface area contributed by atoms with Crippen molar-refractivity contribution >= 4 is 34.2 Å². The van der Waals surface area contributed by atoms with Crippen LogP contribution in [-0.2, 0) is 0 Å². The number of hydrogen-bond donors (Lipinski definition) is 1. The summed E-state index contributed by atoms with van der Waals surface area (Å²) in [6.45, 7) is 0. The molecule has 0 aliphatic carbocycles. The monoisotopic (exact) mass is 329 g/mol. The van der Waals surface area contributed by atoms with E-state index in [-0.39, 0.29) is 11.2 Å². The average molecular weight is 330 g/mol. The third-order valence-corrected chi connectivity index (χ3v) is 3.48. The van der Waals surface area contributed by atoms with Gasteiger partial charge < -0.3 is 14.5 Å². The predicted molar refractivity (Wildman–Crippen MR) is 88.4 cm³/mol. The van der Waals surface area contributed by atoms with E-state index in [9.17, 15) is 9.59 Å². The molecule has 116 valence electrons. The zero-order valence-corrected chi connectivity index (χ0v) is 12.9. The molecular formula is C17H12ClNO4. The molecule has 0 fully saturated rings. The van der Waals surface area contributed by atoms with Crippen molar-refractivity contribution in [3.63, 3.8) is 0 Å². The molecular weight excluding hydrogens is 318 g/mol. The van der Waals surface area contributed by atoms with Crippen LogP contribution in [0.2, 0.25) is 5.02 Å². The van der Waals surface area contributed by atoms with E-state index in [1.165, 1.54) is 7.11 Å². The minimum atomic E-state index is -0.526. The van der Waals surface area contributed by atoms with E-state index in [1.54, 1.807) is 42.5 Å². The summed E-state index contributed by atoms with van der Waals surface area (Å²) in [6, 6.07) is 12.7. The summed E-state index contributed by atoms with van der Waals surface area (Å²) in [4.78, 5) is 24.4. The largest absolute Gasteiger partial charge is 0.497 e. The number of benzene rings is 2. The van der Waals surface area contributed by atoms with Gasteiger partial charge in [-0.2, -0.15) is 0 Å². The van der Waals surface area contributed by atoms with Gasteiger partial charge in [-0.1, -0.05) is 17.7 Å². The van der Waals surface area contributed by atoms with Crippen LogP contribution in [0.5, 0.6) is 5.75 Å². The standard InChI is InChI=1S/C17H12ClNO4/c1-22-12-5-6-15-13(8-12)14(20)9-16(23-15)17(21)19-11-4-2-3-10(18)7-11/h2-9H,1H3,(H,19,21). The molecule has 0 aliphatic heterocycles. The smallest absolute Gasteiger partial charge is 0.291 e. The van der Waals surface area contributed by atoms with Crippen LogP contribution in [0.25, 0.3) is 11.0 Å². The van der Waals surface area contributed by atoms with Crippen molar-refractivity contribution in [2.24, 2.45) is 0 Å². The van der Waals surface area contributed by atoms with Crippen LogP contribution in [0.3, 0.4) is 0 Å². The number of amides is 1. The second-order valence-corrected chi connectivity index (χ2v) is 5.24. The third kappa shape index (κ3) is 3.19. The number of nitrogens with one attached hydrogen (secondary N) is 1. The molecule has 23 heavy (non-hydrogen) atoms. The first-order chi connectivity index (χ1) is 11.1. The van der Waals surface area contributed by atoms with Gasteiger partial charge >= 0.3 is 0 Å². The normalized spacial score (nSPS) is 10.5. The van der Waals surface area contributed by atoms with Gasteiger partial charge in [0.25, 0.3) is 5.91 Å². The number of fused-ring (bicyclic) bond motifs is 1. The van der Waals surface area contributed by atoms with Crippen LogP contribution in [-0.4, -0.2) is 13.0 Å². The van der Waals surface area contributed by atoms with Gasteiger partial charge in [-0.05, 0) is 36.4 Å². The quantitative estimate of drug-likeness (QED) is 0.795. The van der Waals surface area contributed by atoms with Gasteiger partial charge in [-0.3, -0.25) is 9.59 Å². The van der Waals surface area contributed by atoms with Crippen molar-refractivity contribution in [3.05, 3.63) is 69.5 Å². The Bertz CT molecular complexity index is 949. The molecule has 0 radical (unpaired) electrons. The molecule has 5 nitrogen and oxygen atoms in total. The number of carbonyl (C=O) groups excluding carboxylic acids is 1. The molecule has 2 aromatic carbocycles. The highest BCUT2D eigenvalue weighted by atomic mass is 35.5. The Morgan fingerprint density at radius 2 is 2.00 bits per heavy atom. The van der Waals surface area contributed by atoms with Gasteiger partial charge in [0.1, 0.15) is 11.3 Å². The third-order valence-electron chi connectivity index (χ3n) is 3.24. The number of rotatable bonds is 3. The molecule has 0 unspecified atom stereocenters. The SMILES string of the molecule is COc1ccc2oc(C(=O)Nc3cccc(Cl)c3)cc(=O)c2c1. The fraction of sp³-hybridized carbons (Fsp3) is 0.0588. The highest BCUT2D eigenvalue weighted by Crippen LogP contribution is 2.20. The van der Waals surface area contributed by atoms with Crippen LogP contribution in [0.4, 0.5) is 5.69 Å². The molecule has 1 amide bonds. The lowest BCUT2D eigenvalue weighted by atomic mass is 10.2. The number of carbonyl (C=O) groups is 1. The van der Waals surface area contributed by atoms with E-state index >= 15 is 0 Å². The predicted octanol–water partition coefficient (Wildman–Crippen LogP) is 3.71. The summed E-state index contributed by atoms with van der Waals surface area (Å²) >= 11 is 5.87. The van der Waals surface area contributed by atoms with E-state index in [1.807, 2.05) is 0 Å². The summed E-state index contributed by atoms with van der Waals surface area (Å²) in [5.41, 5.74) is 0.510. The fourth-order valence-electron chi connectivity index (χ4n) is 2.13. The molecule has 3 aromatic rings. The van der Waals surface area contributed by atoms with Gasteiger partial charge in [-0.15, -0.1) is 0 Å². The fourth-order valence-corrected chi connectivity index (χ4v) is 2.32. The first-order valence-electron chi connectivity index (χ1n) is 6.75. The Morgan fingerprint density at radius 1 is 1.17 bits per heavy atom. The number of ether oxygens (including phenoxy) is 1. The lowest BCUT2D eigenvalue weighted by Crippen LogP contribution is -2.15. The van der Waals surface area contributed by atoms with Crippen molar-refractivity contribution in [1.82, 2.24) is 0 Å². The zero-order valence-electron chi connectivity index (χ0n) is 12.1. The van der Waals surface area contributed by atoms with Crippen molar-refractivity contribution in [2.75, 3.05) is 12.4 Å². The number of halogens is 1. The molecule has 3 rings (SSSR count). The lowest BCUT2D eigenvalue weighted by Gasteiger charge is -2.06. The summed E-state index contributed by atoms with van der Waals surface area (Å²) in [5, 5.41) is 3.48. The van der Waals surface area contributed by atoms with Gasteiger partial charge in [0.15, 0.2) is 11.2 Å². The van der Waals surface area contributed by atoms with Crippen LogP contribution >= 0.6 is 11.6 Å². The topological polar surface area (TPSA) is 68.5 Å². The number of methoxy groups -OCH3 is 1. The van der Waals surface area contributed by atoms with Crippen LogP contribution in [0.15, 0.2) is 57.7 Å². The summed E-state index contributed by atoms with van der Waals surface area (Å²) < 4.78 is 10.6. The first-order valence-corrected chi connectivity index (χ1v) is 7.13. The maximum absolute atomic E-state index is 12.2. The number of anilines is 1. The summed E-state index contributed by atoms with van der Waals surface area (Å²) in [5.74, 6) is -0.0596. The molecule has 0 spiro atoms. The first kappa shape index (κ1) is 15.1. The highest BCUT2D eigenvalue weighted by Gasteiger charge is 2.13. The van der Waals surface area contributed by atoms with Crippen LogP contribution in [0, 0.1) is 0 Å². The Kier molecular flexibility index (Phi) is 4.04. The van der Waals surface area contributed by atoms with Crippen molar-refractivity contribution in [3.8, 4) is 5.75 Å². The molecule has 6 heteroatoms. The minimum absolute atomic E-state index is 0.0763. The molecule has 0 bridgehead atoms. The van der Waals surface area contributed by atoms with Crippen molar-refractivity contribution in [1.29, 1.82) is 0 Å². The molecule has 1 heterocycles. The van der Waals surface area contributed by atoms with E-state index < -0.39 is 5.91 Å². The average Bonchev–Trinajstić information content (AvgIpc) is 2.54. The van der Waals surface area contributed by atoms with Crippen LogP contribution < -0.4 is 15.5 Å². The Labute approximate surface area is 136 Å². The Balaban J connectivity index is 1.96. The summed E-state index contributed by atoms with van der Waals surface area (Å²) in [7, 11) is 1.51. The molecule has 1 aromatic heterocycles. The van der Waals surface area contributed by atoms with E-state index in [0.717, 1.165) is 6.07 Å². The van der Waals surface area contributed by atoms with Gasteiger partial charge in [0.05, 0.1) is 12.5 Å². The molecule has 0 saturated carbocycles. The summed E-state index contributed by atoms with van der Waals surface area (Å²) in [6.07, 6.45) is 0. The minimum Gasteiger partial charge on any atom is -0.497 e. The Hall–Kier alpha value is -2.79. The highest BCUT2D eigenvalue weighted by molar-refractivity contribution is 6.30. The maximum Gasteiger partial charge on any atom is 0.291 e. The molecule has 0 saturated heterocycles. The molecule has 1 N–H and O–H groups in total. The van der Waals surface area contributed by atoms with Crippen molar-refractivity contribution in [2.45, 2.75) is 0 Å². The van der Waals surface area contributed by atoms with Crippen molar-refractivity contribution < 1.29 is 13.9 Å². The Morgan fingerprint density at radius 3 is 2.74 bits per heavy atom. The van der Waals surface area contributed by atoms with Gasteiger partial charge in [0, 0.05) is 16.8 Å². The molecule has 0 atom stereocenters. The van der Waals surface area contributed by atoms with Gasteiger partial charge in [-0.25, -0.2) is 0 Å². The molecule has 0 aliphatic rings. The van der Waals surface area contributed by atoms with E-state index in [2.05, 4.69) is 5.32 Å². The number of hydrogen-bond acceptors (Lipinski definition) is 4. The second kappa shape index (κ2) is 6.14. The zero-order chi connectivity index (χ0) is 16.4. The van der Waals surface area contributed by atoms with Gasteiger partial charge in [0.2, 0.25) is 0 Å². The van der Waals surface area contributed by atoms with E-state index in [4.69, 9.17) is 20.8 Å². The second-order valence-electron chi connectivity index (χ2n) is 4.80. The van der Waals surface area contributed by atoms with E-state index in [0.29, 0.717) is 27.4 Å². The van der Waals surface area contributed by atoms with Crippen LogP contribution in [0.1, 0.15) is 10.6 Å². The lowest BCUT2D eigenvalue weighted by molar-refractivity contribution is 0.0997. The maximum atomic E-state index is 12.2.